The molecule has 0 radical (unpaired) electrons. The third-order valence-electron chi connectivity index (χ3n) is 7.56. The molecule has 2 N–H and O–H groups in total. The Morgan fingerprint density at radius 2 is 1.86 bits per heavy atom. The number of amides is 1. The number of H-pyrrole nitrogens is 1. The van der Waals surface area contributed by atoms with Crippen molar-refractivity contribution in [1.82, 2.24) is 30.2 Å². The van der Waals surface area contributed by atoms with Crippen molar-refractivity contribution in [2.24, 2.45) is 0 Å². The summed E-state index contributed by atoms with van der Waals surface area (Å²) in [6.07, 6.45) is 8.34. The van der Waals surface area contributed by atoms with Crippen LogP contribution in [0.5, 0.6) is 0 Å². The number of imidazole rings is 1. The van der Waals surface area contributed by atoms with E-state index in [1.807, 2.05) is 36.7 Å². The van der Waals surface area contributed by atoms with Gasteiger partial charge in [0.05, 0.1) is 24.0 Å². The molecule has 1 unspecified atom stereocenters. The van der Waals surface area contributed by atoms with Crippen LogP contribution in [0.1, 0.15) is 57.5 Å². The molecule has 3 aromatic heterocycles. The van der Waals surface area contributed by atoms with Crippen molar-refractivity contribution in [1.29, 1.82) is 0 Å². The van der Waals surface area contributed by atoms with E-state index in [-0.39, 0.29) is 22.9 Å². The van der Waals surface area contributed by atoms with E-state index in [0.29, 0.717) is 30.9 Å². The second-order valence-corrected chi connectivity index (χ2v) is 10.9. The Kier molecular flexibility index (Phi) is 8.35. The lowest BCUT2D eigenvalue weighted by Gasteiger charge is -2.34. The minimum absolute atomic E-state index is 0.142. The molecule has 42 heavy (non-hydrogen) atoms. The molecule has 1 atom stereocenters. The zero-order valence-corrected chi connectivity index (χ0v) is 23.7. The van der Waals surface area contributed by atoms with Crippen LogP contribution in [-0.2, 0) is 26.1 Å². The van der Waals surface area contributed by atoms with Gasteiger partial charge in [0.1, 0.15) is 16.8 Å². The van der Waals surface area contributed by atoms with Gasteiger partial charge in [0.25, 0.3) is 5.91 Å². The number of nitrogens with zero attached hydrogens (tertiary/aromatic N) is 4. The van der Waals surface area contributed by atoms with Gasteiger partial charge >= 0.3 is 0 Å². The van der Waals surface area contributed by atoms with Gasteiger partial charge in [0.15, 0.2) is 0 Å². The number of hydrogen-bond donors (Lipinski definition) is 2. The molecule has 1 amide bonds. The van der Waals surface area contributed by atoms with Gasteiger partial charge in [-0.15, -0.1) is 0 Å². The van der Waals surface area contributed by atoms with E-state index in [2.05, 4.69) is 38.4 Å². The first kappa shape index (κ1) is 27.8. The molecule has 0 saturated carbocycles. The molecule has 0 bridgehead atoms. The normalized spacial score (nSPS) is 14.5. The van der Waals surface area contributed by atoms with Crippen LogP contribution in [0.2, 0.25) is 5.15 Å². The number of halogens is 2. The summed E-state index contributed by atoms with van der Waals surface area (Å²) in [5.74, 6) is 0.329. The van der Waals surface area contributed by atoms with E-state index in [1.165, 1.54) is 23.9 Å². The number of rotatable bonds is 9. The van der Waals surface area contributed by atoms with E-state index in [1.54, 1.807) is 18.2 Å². The molecule has 0 spiro atoms. The highest BCUT2D eigenvalue weighted by Gasteiger charge is 2.28. The average Bonchev–Trinajstić information content (AvgIpc) is 3.48. The summed E-state index contributed by atoms with van der Waals surface area (Å²) in [6, 6.07) is 22.3. The Labute approximate surface area is 248 Å². The molecular formula is C33H30ClFN6O. The number of pyridine rings is 2. The van der Waals surface area contributed by atoms with Crippen LogP contribution in [0, 0.1) is 5.82 Å². The maximum atomic E-state index is 13.8. The van der Waals surface area contributed by atoms with Crippen molar-refractivity contribution in [3.05, 3.63) is 136 Å². The molecule has 0 fully saturated rings. The number of carbonyl (C=O) groups excluding carboxylic acids is 1. The second-order valence-electron chi connectivity index (χ2n) is 10.5. The zero-order chi connectivity index (χ0) is 28.9. The molecule has 7 nitrogen and oxygen atoms in total. The second kappa shape index (κ2) is 12.6. The third kappa shape index (κ3) is 6.56. The highest BCUT2D eigenvalue weighted by molar-refractivity contribution is 6.29. The van der Waals surface area contributed by atoms with Gasteiger partial charge in [-0.3, -0.25) is 14.7 Å². The van der Waals surface area contributed by atoms with Gasteiger partial charge in [0.2, 0.25) is 0 Å². The van der Waals surface area contributed by atoms with Gasteiger partial charge < -0.3 is 10.3 Å². The lowest BCUT2D eigenvalue weighted by Crippen LogP contribution is -2.31. The Hall–Kier alpha value is -4.40. The molecule has 1 aliphatic rings. The summed E-state index contributed by atoms with van der Waals surface area (Å²) in [5, 5.41) is 3.22. The van der Waals surface area contributed by atoms with Crippen molar-refractivity contribution in [3.63, 3.8) is 0 Å². The number of aryl methyl sites for hydroxylation is 1. The fraction of sp³-hybridized carbons (Fsp3) is 0.212. The maximum absolute atomic E-state index is 13.8. The molecule has 5 aromatic rings. The fourth-order valence-corrected chi connectivity index (χ4v) is 5.65. The summed E-state index contributed by atoms with van der Waals surface area (Å²) < 4.78 is 13.8. The van der Waals surface area contributed by atoms with Gasteiger partial charge in [0, 0.05) is 42.8 Å². The Morgan fingerprint density at radius 3 is 2.69 bits per heavy atom. The largest absolute Gasteiger partial charge is 0.348 e. The number of hydrogen-bond acceptors (Lipinski definition) is 5. The monoisotopic (exact) mass is 580 g/mol. The van der Waals surface area contributed by atoms with Crippen molar-refractivity contribution in [2.45, 2.75) is 44.9 Å². The maximum Gasteiger partial charge on any atom is 0.251 e. The predicted octanol–water partition coefficient (Wildman–Crippen LogP) is 6.67. The highest BCUT2D eigenvalue weighted by Crippen LogP contribution is 2.34. The van der Waals surface area contributed by atoms with Crippen LogP contribution < -0.4 is 5.32 Å². The van der Waals surface area contributed by atoms with Crippen molar-refractivity contribution < 1.29 is 9.18 Å². The van der Waals surface area contributed by atoms with E-state index in [0.717, 1.165) is 47.5 Å². The smallest absolute Gasteiger partial charge is 0.251 e. The number of nitrogens with one attached hydrogen (secondary N) is 2. The summed E-state index contributed by atoms with van der Waals surface area (Å²) >= 11 is 5.92. The summed E-state index contributed by atoms with van der Waals surface area (Å²) in [5.41, 5.74) is 6.48. The average molecular weight is 581 g/mol. The Balaban J connectivity index is 1.19. The molecule has 6 rings (SSSR count). The van der Waals surface area contributed by atoms with Crippen LogP contribution in [0.25, 0.3) is 11.3 Å². The predicted molar refractivity (Wildman–Crippen MR) is 160 cm³/mol. The lowest BCUT2D eigenvalue weighted by molar-refractivity contribution is 0.0950. The van der Waals surface area contributed by atoms with Gasteiger partial charge in [-0.1, -0.05) is 54.1 Å². The van der Waals surface area contributed by atoms with Crippen LogP contribution in [0.4, 0.5) is 4.39 Å². The van der Waals surface area contributed by atoms with E-state index >= 15 is 0 Å². The molecule has 0 aliphatic heterocycles. The minimum atomic E-state index is -0.284. The third-order valence-corrected chi connectivity index (χ3v) is 7.77. The van der Waals surface area contributed by atoms with Crippen LogP contribution in [0.15, 0.2) is 91.4 Å². The molecule has 2 aromatic carbocycles. The van der Waals surface area contributed by atoms with Crippen molar-refractivity contribution >= 4 is 17.5 Å². The van der Waals surface area contributed by atoms with E-state index in [9.17, 15) is 9.18 Å². The number of carbonyl (C=O) groups is 1. The standard InChI is InChI=1S/C33H30ClFN6O/c34-30-17-26(13-15-36-30)33(42)39-18-22-9-11-23(12-10-22)20-41(29-8-2-4-24-6-3-14-37-32(24)29)21-31-38-19-28(40-31)25-5-1-7-27(35)16-25/h1,3,5-7,9-17,19,29H,2,4,8,18,20-21H2,(H,38,40)(H,39,42). The highest BCUT2D eigenvalue weighted by atomic mass is 35.5. The van der Waals surface area contributed by atoms with E-state index < -0.39 is 0 Å². The molecule has 9 heteroatoms. The zero-order valence-electron chi connectivity index (χ0n) is 22.9. The van der Waals surface area contributed by atoms with Gasteiger partial charge in [-0.2, -0.15) is 0 Å². The summed E-state index contributed by atoms with van der Waals surface area (Å²) in [6.45, 7) is 1.68. The van der Waals surface area contributed by atoms with Crippen molar-refractivity contribution in [3.8, 4) is 11.3 Å². The number of aromatic amines is 1. The van der Waals surface area contributed by atoms with Crippen molar-refractivity contribution in [2.75, 3.05) is 0 Å². The Bertz CT molecular complexity index is 1690. The number of fused-ring (bicyclic) bond motifs is 1. The fourth-order valence-electron chi connectivity index (χ4n) is 5.47. The summed E-state index contributed by atoms with van der Waals surface area (Å²) in [7, 11) is 0. The Morgan fingerprint density at radius 1 is 1.00 bits per heavy atom. The first-order valence-corrected chi connectivity index (χ1v) is 14.4. The molecule has 0 saturated heterocycles. The first-order chi connectivity index (χ1) is 20.5. The van der Waals surface area contributed by atoms with Crippen LogP contribution in [0.3, 0.4) is 0 Å². The molecular weight excluding hydrogens is 551 g/mol. The quantitative estimate of drug-likeness (QED) is 0.190. The molecule has 1 aliphatic carbocycles. The van der Waals surface area contributed by atoms with Crippen LogP contribution in [-0.4, -0.2) is 30.7 Å². The SMILES string of the molecule is O=C(NCc1ccc(CN(Cc2nc(-c3cccc(F)c3)c[nH]2)C2CCCc3cccnc32)cc1)c1ccnc(Cl)c1. The van der Waals surface area contributed by atoms with Gasteiger partial charge in [-0.05, 0) is 66.3 Å². The van der Waals surface area contributed by atoms with Gasteiger partial charge in [-0.25, -0.2) is 14.4 Å². The topological polar surface area (TPSA) is 86.8 Å². The lowest BCUT2D eigenvalue weighted by atomic mass is 9.90. The van der Waals surface area contributed by atoms with E-state index in [4.69, 9.17) is 21.6 Å². The van der Waals surface area contributed by atoms with Crippen LogP contribution >= 0.6 is 11.6 Å². The minimum Gasteiger partial charge on any atom is -0.348 e. The number of aromatic nitrogens is 4. The molecule has 212 valence electrons. The first-order valence-electron chi connectivity index (χ1n) is 14.0. The molecule has 3 heterocycles. The summed E-state index contributed by atoms with van der Waals surface area (Å²) in [4.78, 5) is 31.7. The number of benzene rings is 2.